The highest BCUT2D eigenvalue weighted by Crippen LogP contribution is 2.19. The van der Waals surface area contributed by atoms with Gasteiger partial charge in [-0.25, -0.2) is 0 Å². The average Bonchev–Trinajstić information content (AvgIpc) is 2.73. The highest BCUT2D eigenvalue weighted by molar-refractivity contribution is 14.1. The van der Waals surface area contributed by atoms with Gasteiger partial charge in [0.05, 0.1) is 6.54 Å². The van der Waals surface area contributed by atoms with Crippen molar-refractivity contribution in [3.8, 4) is 0 Å². The Bertz CT molecular complexity index is 321. The molecule has 1 aromatic heterocycles. The van der Waals surface area contributed by atoms with Gasteiger partial charge in [0.2, 0.25) is 0 Å². The molecule has 0 spiro atoms. The van der Waals surface area contributed by atoms with E-state index in [0.717, 1.165) is 35.2 Å². The van der Waals surface area contributed by atoms with Crippen LogP contribution in [0.15, 0.2) is 16.5 Å². The maximum atomic E-state index is 5.52. The molecule has 4 heteroatoms. The zero-order chi connectivity index (χ0) is 11.4. The Labute approximate surface area is 110 Å². The quantitative estimate of drug-likeness (QED) is 0.860. The van der Waals surface area contributed by atoms with E-state index in [9.17, 15) is 0 Å². The molecule has 1 N–H and O–H groups in total. The Balaban J connectivity index is 1.76. The summed E-state index contributed by atoms with van der Waals surface area (Å²) in [5.74, 6) is 1.76. The number of hydrogen-bond donors (Lipinski definition) is 1. The highest BCUT2D eigenvalue weighted by atomic mass is 127. The first-order chi connectivity index (χ1) is 7.75. The molecular weight excluding hydrogens is 317 g/mol. The van der Waals surface area contributed by atoms with Crippen LogP contribution >= 0.6 is 22.6 Å². The van der Waals surface area contributed by atoms with Crippen molar-refractivity contribution in [3.05, 3.63) is 21.7 Å². The molecule has 0 amide bonds. The lowest BCUT2D eigenvalue weighted by molar-refractivity contribution is 0.0555. The third-order valence-corrected chi connectivity index (χ3v) is 3.78. The minimum Gasteiger partial charge on any atom is -0.454 e. The van der Waals surface area contributed by atoms with Crippen LogP contribution in [0.1, 0.15) is 25.5 Å². The van der Waals surface area contributed by atoms with E-state index < -0.39 is 0 Å². The van der Waals surface area contributed by atoms with Crippen molar-refractivity contribution in [2.24, 2.45) is 5.92 Å². The van der Waals surface area contributed by atoms with Crippen molar-refractivity contribution < 1.29 is 9.15 Å². The van der Waals surface area contributed by atoms with Crippen LogP contribution in [0, 0.1) is 9.68 Å². The van der Waals surface area contributed by atoms with Gasteiger partial charge in [-0.3, -0.25) is 0 Å². The average molecular weight is 335 g/mol. The second-order valence-electron chi connectivity index (χ2n) is 4.33. The number of rotatable bonds is 4. The summed E-state index contributed by atoms with van der Waals surface area (Å²) in [6, 6.07) is 4.56. The van der Waals surface area contributed by atoms with E-state index in [-0.39, 0.29) is 0 Å². The third-order valence-electron chi connectivity index (χ3n) is 3.20. The summed E-state index contributed by atoms with van der Waals surface area (Å²) in [5.41, 5.74) is 0. The van der Waals surface area contributed by atoms with Gasteiger partial charge in [0, 0.05) is 19.3 Å². The molecule has 0 saturated carbocycles. The van der Waals surface area contributed by atoms with Crippen molar-refractivity contribution in [2.75, 3.05) is 13.2 Å². The molecule has 1 fully saturated rings. The normalized spacial score (nSPS) is 19.9. The predicted octanol–water partition coefficient (Wildman–Crippen LogP) is 2.79. The van der Waals surface area contributed by atoms with Gasteiger partial charge >= 0.3 is 0 Å². The SMILES string of the molecule is CC(NCc1ccc(I)o1)C1CCOCC1. The van der Waals surface area contributed by atoms with Crippen LogP contribution < -0.4 is 5.32 Å². The predicted molar refractivity (Wildman–Crippen MR) is 71.3 cm³/mol. The Kier molecular flexibility index (Phi) is 4.66. The Morgan fingerprint density at radius 2 is 2.19 bits per heavy atom. The van der Waals surface area contributed by atoms with E-state index >= 15 is 0 Å². The van der Waals surface area contributed by atoms with Gasteiger partial charge in [0.15, 0.2) is 3.77 Å². The monoisotopic (exact) mass is 335 g/mol. The summed E-state index contributed by atoms with van der Waals surface area (Å²) < 4.78 is 11.8. The van der Waals surface area contributed by atoms with Gasteiger partial charge < -0.3 is 14.5 Å². The molecule has 2 heterocycles. The molecule has 2 rings (SSSR count). The van der Waals surface area contributed by atoms with Crippen LogP contribution in [0.25, 0.3) is 0 Å². The number of furan rings is 1. The maximum absolute atomic E-state index is 5.52. The second kappa shape index (κ2) is 6.02. The maximum Gasteiger partial charge on any atom is 0.164 e. The fourth-order valence-corrected chi connectivity index (χ4v) is 2.55. The molecular formula is C12H18INO2. The number of nitrogens with one attached hydrogen (secondary N) is 1. The highest BCUT2D eigenvalue weighted by Gasteiger charge is 2.20. The molecule has 1 saturated heterocycles. The minimum atomic E-state index is 0.534. The van der Waals surface area contributed by atoms with Gasteiger partial charge in [-0.15, -0.1) is 0 Å². The van der Waals surface area contributed by atoms with Crippen molar-refractivity contribution in [3.63, 3.8) is 0 Å². The molecule has 0 aromatic carbocycles. The van der Waals surface area contributed by atoms with Crippen LogP contribution in [0.3, 0.4) is 0 Å². The molecule has 1 atom stereocenters. The minimum absolute atomic E-state index is 0.534. The van der Waals surface area contributed by atoms with E-state index in [0.29, 0.717) is 6.04 Å². The Morgan fingerprint density at radius 3 is 2.81 bits per heavy atom. The fourth-order valence-electron chi connectivity index (χ4n) is 2.09. The summed E-state index contributed by atoms with van der Waals surface area (Å²) in [7, 11) is 0. The van der Waals surface area contributed by atoms with Gasteiger partial charge in [-0.1, -0.05) is 0 Å². The van der Waals surface area contributed by atoms with E-state index in [2.05, 4.69) is 34.8 Å². The van der Waals surface area contributed by atoms with Crippen LogP contribution in [0.5, 0.6) is 0 Å². The fraction of sp³-hybridized carbons (Fsp3) is 0.667. The summed E-state index contributed by atoms with van der Waals surface area (Å²) in [6.45, 7) is 4.90. The van der Waals surface area contributed by atoms with Crippen LogP contribution in [0.4, 0.5) is 0 Å². The topological polar surface area (TPSA) is 34.4 Å². The molecule has 0 aliphatic carbocycles. The first-order valence-corrected chi connectivity index (χ1v) is 6.89. The van der Waals surface area contributed by atoms with E-state index in [4.69, 9.17) is 9.15 Å². The van der Waals surface area contributed by atoms with E-state index in [1.54, 1.807) is 0 Å². The number of ether oxygens (including phenoxy) is 1. The third kappa shape index (κ3) is 3.46. The van der Waals surface area contributed by atoms with Crippen LogP contribution in [0.2, 0.25) is 0 Å². The zero-order valence-electron chi connectivity index (χ0n) is 9.54. The van der Waals surface area contributed by atoms with E-state index in [1.165, 1.54) is 12.8 Å². The molecule has 1 aliphatic heterocycles. The molecule has 1 unspecified atom stereocenters. The van der Waals surface area contributed by atoms with Crippen molar-refractivity contribution in [2.45, 2.75) is 32.4 Å². The Morgan fingerprint density at radius 1 is 1.44 bits per heavy atom. The smallest absolute Gasteiger partial charge is 0.164 e. The van der Waals surface area contributed by atoms with Crippen molar-refractivity contribution in [1.29, 1.82) is 0 Å². The first-order valence-electron chi connectivity index (χ1n) is 5.81. The lowest BCUT2D eigenvalue weighted by Gasteiger charge is -2.28. The largest absolute Gasteiger partial charge is 0.454 e. The molecule has 0 bridgehead atoms. The molecule has 0 radical (unpaired) electrons. The van der Waals surface area contributed by atoms with E-state index in [1.807, 2.05) is 12.1 Å². The summed E-state index contributed by atoms with van der Waals surface area (Å²) in [6.07, 6.45) is 2.34. The zero-order valence-corrected chi connectivity index (χ0v) is 11.7. The van der Waals surface area contributed by atoms with Crippen LogP contribution in [-0.2, 0) is 11.3 Å². The van der Waals surface area contributed by atoms with Gasteiger partial charge in [0.25, 0.3) is 0 Å². The second-order valence-corrected chi connectivity index (χ2v) is 5.39. The lowest BCUT2D eigenvalue weighted by Crippen LogP contribution is -2.36. The molecule has 90 valence electrons. The molecule has 16 heavy (non-hydrogen) atoms. The van der Waals surface area contributed by atoms with Crippen molar-refractivity contribution in [1.82, 2.24) is 5.32 Å². The van der Waals surface area contributed by atoms with Gasteiger partial charge in [0.1, 0.15) is 5.76 Å². The lowest BCUT2D eigenvalue weighted by atomic mass is 9.93. The van der Waals surface area contributed by atoms with Gasteiger partial charge in [-0.05, 0) is 60.4 Å². The summed E-state index contributed by atoms with van der Waals surface area (Å²) in [5, 5.41) is 3.53. The first kappa shape index (κ1) is 12.4. The Hall–Kier alpha value is -0.0700. The number of halogens is 1. The van der Waals surface area contributed by atoms with Crippen molar-refractivity contribution >= 4 is 22.6 Å². The number of hydrogen-bond acceptors (Lipinski definition) is 3. The molecule has 3 nitrogen and oxygen atoms in total. The molecule has 1 aliphatic rings. The van der Waals surface area contributed by atoms with Gasteiger partial charge in [-0.2, -0.15) is 0 Å². The summed E-state index contributed by atoms with van der Waals surface area (Å²) >= 11 is 2.19. The van der Waals surface area contributed by atoms with Crippen LogP contribution in [-0.4, -0.2) is 19.3 Å². The standard InChI is InChI=1S/C12H18INO2/c1-9(10-4-6-15-7-5-10)14-8-11-2-3-12(13)16-11/h2-3,9-10,14H,4-8H2,1H3. The molecule has 1 aromatic rings. The summed E-state index contributed by atoms with van der Waals surface area (Å²) in [4.78, 5) is 0.